The van der Waals surface area contributed by atoms with Crippen LogP contribution in [0.2, 0.25) is 0 Å². The van der Waals surface area contributed by atoms with Gasteiger partial charge in [0.1, 0.15) is 0 Å². The quantitative estimate of drug-likeness (QED) is 0.820. The molecule has 3 nitrogen and oxygen atoms in total. The van der Waals surface area contributed by atoms with Crippen molar-refractivity contribution in [3.05, 3.63) is 0 Å². The largest absolute Gasteiger partial charge is 0.359 e. The van der Waals surface area contributed by atoms with Crippen LogP contribution in [0.1, 0.15) is 34.1 Å². The zero-order valence-electron chi connectivity index (χ0n) is 11.4. The predicted octanol–water partition coefficient (Wildman–Crippen LogP) is 2.19. The number of nitrogens with zero attached hydrogens (tertiary/aromatic N) is 2. The molecule has 1 saturated heterocycles. The molecule has 4 heteroatoms. The summed E-state index contributed by atoms with van der Waals surface area (Å²) in [6, 6.07) is 0. The number of hydrogen-bond donors (Lipinski definition) is 1. The Hall–Kier alpha value is -0.220. The van der Waals surface area contributed by atoms with Crippen LogP contribution in [0.5, 0.6) is 0 Å². The van der Waals surface area contributed by atoms with E-state index in [0.717, 1.165) is 23.9 Å². The van der Waals surface area contributed by atoms with Gasteiger partial charge in [0, 0.05) is 16.8 Å². The van der Waals surface area contributed by atoms with Gasteiger partial charge in [0.2, 0.25) is 0 Å². The SMILES string of the molecule is CCC1(C)CSC(=NCC(C)(C)N(C)C)N1. The van der Waals surface area contributed by atoms with Gasteiger partial charge in [-0.05, 0) is 41.3 Å². The van der Waals surface area contributed by atoms with Crippen molar-refractivity contribution in [1.29, 1.82) is 0 Å². The van der Waals surface area contributed by atoms with Crippen molar-refractivity contribution in [3.8, 4) is 0 Å². The van der Waals surface area contributed by atoms with Crippen molar-refractivity contribution in [2.45, 2.75) is 45.2 Å². The number of thioether (sulfide) groups is 1. The molecule has 1 rings (SSSR count). The van der Waals surface area contributed by atoms with E-state index in [9.17, 15) is 0 Å². The Labute approximate surface area is 104 Å². The molecule has 1 fully saturated rings. The van der Waals surface area contributed by atoms with Gasteiger partial charge < -0.3 is 10.2 Å². The van der Waals surface area contributed by atoms with Crippen LogP contribution < -0.4 is 5.32 Å². The summed E-state index contributed by atoms with van der Waals surface area (Å²) in [5, 5.41) is 4.63. The molecule has 1 aliphatic rings. The highest BCUT2D eigenvalue weighted by atomic mass is 32.2. The van der Waals surface area contributed by atoms with Crippen molar-refractivity contribution in [2.75, 3.05) is 26.4 Å². The van der Waals surface area contributed by atoms with Gasteiger partial charge >= 0.3 is 0 Å². The Morgan fingerprint density at radius 3 is 2.56 bits per heavy atom. The van der Waals surface area contributed by atoms with Crippen LogP contribution in [0, 0.1) is 0 Å². The third-order valence-electron chi connectivity index (χ3n) is 3.54. The molecular weight excluding hydrogens is 218 g/mol. The van der Waals surface area contributed by atoms with Crippen LogP contribution in [0.3, 0.4) is 0 Å². The summed E-state index contributed by atoms with van der Waals surface area (Å²) in [6.45, 7) is 9.76. The Morgan fingerprint density at radius 1 is 1.50 bits per heavy atom. The fourth-order valence-corrected chi connectivity index (χ4v) is 2.45. The number of amidine groups is 1. The highest BCUT2D eigenvalue weighted by Crippen LogP contribution is 2.25. The second-order valence-electron chi connectivity index (χ2n) is 5.66. The van der Waals surface area contributed by atoms with Crippen LogP contribution in [-0.4, -0.2) is 47.5 Å². The van der Waals surface area contributed by atoms with E-state index < -0.39 is 0 Å². The minimum Gasteiger partial charge on any atom is -0.359 e. The molecule has 1 aliphatic heterocycles. The lowest BCUT2D eigenvalue weighted by molar-refractivity contribution is 0.205. The fraction of sp³-hybridized carbons (Fsp3) is 0.917. The number of nitrogens with one attached hydrogen (secondary N) is 1. The third kappa shape index (κ3) is 3.39. The number of likely N-dealkylation sites (N-methyl/N-ethyl adjacent to an activating group) is 1. The summed E-state index contributed by atoms with van der Waals surface area (Å²) in [7, 11) is 4.21. The monoisotopic (exact) mass is 243 g/mol. The molecule has 0 aromatic rings. The molecular formula is C12H25N3S. The van der Waals surface area contributed by atoms with Gasteiger partial charge in [-0.1, -0.05) is 18.7 Å². The predicted molar refractivity (Wildman–Crippen MR) is 74.4 cm³/mol. The summed E-state index contributed by atoms with van der Waals surface area (Å²) in [5.74, 6) is 1.13. The minimum atomic E-state index is 0.125. The third-order valence-corrected chi connectivity index (χ3v) is 4.82. The van der Waals surface area contributed by atoms with E-state index in [1.54, 1.807) is 0 Å². The van der Waals surface area contributed by atoms with Gasteiger partial charge in [-0.3, -0.25) is 4.99 Å². The normalized spacial score (nSPS) is 28.8. The molecule has 0 spiro atoms. The number of hydrogen-bond acceptors (Lipinski definition) is 3. The van der Waals surface area contributed by atoms with Crippen LogP contribution in [0.15, 0.2) is 4.99 Å². The van der Waals surface area contributed by atoms with Crippen LogP contribution >= 0.6 is 11.8 Å². The summed E-state index contributed by atoms with van der Waals surface area (Å²) in [6.07, 6.45) is 1.15. The molecule has 0 aromatic carbocycles. The fourth-order valence-electron chi connectivity index (χ4n) is 1.24. The van der Waals surface area contributed by atoms with Gasteiger partial charge in [-0.15, -0.1) is 0 Å². The molecule has 94 valence electrons. The van der Waals surface area contributed by atoms with Crippen molar-refractivity contribution < 1.29 is 0 Å². The molecule has 0 amide bonds. The van der Waals surface area contributed by atoms with E-state index in [1.807, 2.05) is 11.8 Å². The van der Waals surface area contributed by atoms with E-state index in [-0.39, 0.29) is 11.1 Å². The standard InChI is InChI=1S/C12H25N3S/c1-7-12(4)9-16-10(14-12)13-8-11(2,3)15(5)6/h7-9H2,1-6H3,(H,13,14). The molecule has 0 aromatic heterocycles. The van der Waals surface area contributed by atoms with Gasteiger partial charge in [-0.25, -0.2) is 0 Å². The van der Waals surface area contributed by atoms with Gasteiger partial charge in [0.05, 0.1) is 6.54 Å². The molecule has 0 bridgehead atoms. The van der Waals surface area contributed by atoms with E-state index >= 15 is 0 Å². The summed E-state index contributed by atoms with van der Waals surface area (Å²) < 4.78 is 0. The smallest absolute Gasteiger partial charge is 0.157 e. The Morgan fingerprint density at radius 2 is 2.12 bits per heavy atom. The zero-order chi connectivity index (χ0) is 12.4. The maximum absolute atomic E-state index is 4.69. The Balaban J connectivity index is 2.55. The maximum atomic E-state index is 4.69. The van der Waals surface area contributed by atoms with E-state index in [0.29, 0.717) is 0 Å². The molecule has 1 N–H and O–H groups in total. The van der Waals surface area contributed by atoms with E-state index in [4.69, 9.17) is 0 Å². The van der Waals surface area contributed by atoms with E-state index in [2.05, 4.69) is 57.0 Å². The second-order valence-corrected chi connectivity index (χ2v) is 6.62. The molecule has 0 saturated carbocycles. The molecule has 16 heavy (non-hydrogen) atoms. The lowest BCUT2D eigenvalue weighted by atomic mass is 10.0. The average Bonchev–Trinajstić information content (AvgIpc) is 2.58. The molecule has 0 aliphatic carbocycles. The first kappa shape index (κ1) is 13.8. The Bertz CT molecular complexity index is 273. The van der Waals surface area contributed by atoms with Crippen molar-refractivity contribution in [1.82, 2.24) is 10.2 Å². The van der Waals surface area contributed by atoms with Crippen molar-refractivity contribution in [3.63, 3.8) is 0 Å². The highest BCUT2D eigenvalue weighted by molar-refractivity contribution is 8.14. The summed E-state index contributed by atoms with van der Waals surface area (Å²) in [4.78, 5) is 6.90. The van der Waals surface area contributed by atoms with E-state index in [1.165, 1.54) is 0 Å². The first-order chi connectivity index (χ1) is 7.29. The molecule has 0 radical (unpaired) electrons. The summed E-state index contributed by atoms with van der Waals surface area (Å²) >= 11 is 1.85. The second kappa shape index (κ2) is 4.96. The minimum absolute atomic E-state index is 0.125. The lowest BCUT2D eigenvalue weighted by Gasteiger charge is -2.31. The molecule has 1 heterocycles. The highest BCUT2D eigenvalue weighted by Gasteiger charge is 2.31. The van der Waals surface area contributed by atoms with Crippen molar-refractivity contribution >= 4 is 16.9 Å². The zero-order valence-corrected chi connectivity index (χ0v) is 12.2. The van der Waals surface area contributed by atoms with Crippen LogP contribution in [0.4, 0.5) is 0 Å². The maximum Gasteiger partial charge on any atom is 0.157 e. The van der Waals surface area contributed by atoms with Gasteiger partial charge in [0.15, 0.2) is 5.17 Å². The van der Waals surface area contributed by atoms with Gasteiger partial charge in [-0.2, -0.15) is 0 Å². The van der Waals surface area contributed by atoms with Gasteiger partial charge in [0.25, 0.3) is 0 Å². The first-order valence-corrected chi connectivity index (χ1v) is 6.90. The number of aliphatic imine (C=N–C) groups is 1. The topological polar surface area (TPSA) is 27.6 Å². The lowest BCUT2D eigenvalue weighted by Crippen LogP contribution is -2.42. The first-order valence-electron chi connectivity index (χ1n) is 5.92. The summed E-state index contributed by atoms with van der Waals surface area (Å²) in [5.41, 5.74) is 0.367. The molecule has 1 atom stereocenters. The number of rotatable bonds is 4. The van der Waals surface area contributed by atoms with Crippen molar-refractivity contribution in [2.24, 2.45) is 4.99 Å². The van der Waals surface area contributed by atoms with Crippen LogP contribution in [0.25, 0.3) is 0 Å². The van der Waals surface area contributed by atoms with Crippen LogP contribution in [-0.2, 0) is 0 Å². The molecule has 1 unspecified atom stereocenters. The average molecular weight is 243 g/mol. The Kier molecular flexibility index (Phi) is 4.29.